The summed E-state index contributed by atoms with van der Waals surface area (Å²) in [6.45, 7) is 7.13. The first-order chi connectivity index (χ1) is 6.79. The van der Waals surface area contributed by atoms with Crippen molar-refractivity contribution in [1.82, 2.24) is 9.80 Å². The molecule has 0 bridgehead atoms. The Hall–Kier alpha value is -0.410. The topological polar surface area (TPSA) is 23.6 Å². The van der Waals surface area contributed by atoms with Gasteiger partial charge in [0.25, 0.3) is 0 Å². The molecule has 3 heteroatoms. The van der Waals surface area contributed by atoms with Gasteiger partial charge in [-0.25, -0.2) is 0 Å². The summed E-state index contributed by atoms with van der Waals surface area (Å²) in [5.41, 5.74) is 0. The van der Waals surface area contributed by atoms with Gasteiger partial charge in [0.1, 0.15) is 5.78 Å². The SMILES string of the molecule is CCC(=O)CN1CCN(C2CC2)CC1. The van der Waals surface area contributed by atoms with E-state index in [2.05, 4.69) is 9.80 Å². The maximum absolute atomic E-state index is 11.3. The van der Waals surface area contributed by atoms with Gasteiger partial charge in [-0.15, -0.1) is 0 Å². The average molecular weight is 196 g/mol. The molecule has 0 unspecified atom stereocenters. The van der Waals surface area contributed by atoms with E-state index in [0.29, 0.717) is 18.7 Å². The third-order valence-corrected chi connectivity index (χ3v) is 3.26. The van der Waals surface area contributed by atoms with E-state index in [1.165, 1.54) is 25.9 Å². The third-order valence-electron chi connectivity index (χ3n) is 3.26. The van der Waals surface area contributed by atoms with Crippen LogP contribution in [0.2, 0.25) is 0 Å². The Morgan fingerprint density at radius 1 is 1.21 bits per heavy atom. The molecule has 2 rings (SSSR count). The van der Waals surface area contributed by atoms with Crippen LogP contribution in [0.4, 0.5) is 0 Å². The summed E-state index contributed by atoms with van der Waals surface area (Å²) in [7, 11) is 0. The third kappa shape index (κ3) is 2.55. The molecule has 1 heterocycles. The summed E-state index contributed by atoms with van der Waals surface area (Å²) in [5, 5.41) is 0. The summed E-state index contributed by atoms with van der Waals surface area (Å²) in [4.78, 5) is 16.1. The lowest BCUT2D eigenvalue weighted by Gasteiger charge is -2.34. The second kappa shape index (κ2) is 4.41. The van der Waals surface area contributed by atoms with E-state index >= 15 is 0 Å². The van der Waals surface area contributed by atoms with Gasteiger partial charge in [0, 0.05) is 38.6 Å². The molecule has 1 saturated heterocycles. The molecule has 14 heavy (non-hydrogen) atoms. The van der Waals surface area contributed by atoms with Crippen LogP contribution in [-0.2, 0) is 4.79 Å². The fraction of sp³-hybridized carbons (Fsp3) is 0.909. The van der Waals surface area contributed by atoms with Crippen molar-refractivity contribution in [3.8, 4) is 0 Å². The normalized spacial score (nSPS) is 25.2. The van der Waals surface area contributed by atoms with Crippen LogP contribution in [0.5, 0.6) is 0 Å². The second-order valence-corrected chi connectivity index (χ2v) is 4.44. The van der Waals surface area contributed by atoms with Gasteiger partial charge in [-0.1, -0.05) is 6.92 Å². The quantitative estimate of drug-likeness (QED) is 0.663. The molecule has 80 valence electrons. The van der Waals surface area contributed by atoms with Crippen molar-refractivity contribution in [1.29, 1.82) is 0 Å². The van der Waals surface area contributed by atoms with E-state index in [1.807, 2.05) is 6.92 Å². The van der Waals surface area contributed by atoms with E-state index in [9.17, 15) is 4.79 Å². The molecule has 0 radical (unpaired) electrons. The maximum atomic E-state index is 11.3. The minimum Gasteiger partial charge on any atom is -0.298 e. The fourth-order valence-electron chi connectivity index (χ4n) is 2.09. The summed E-state index contributed by atoms with van der Waals surface area (Å²) in [6.07, 6.45) is 3.48. The smallest absolute Gasteiger partial charge is 0.146 e. The molecule has 0 spiro atoms. The van der Waals surface area contributed by atoms with E-state index in [-0.39, 0.29) is 0 Å². The van der Waals surface area contributed by atoms with Crippen molar-refractivity contribution in [2.24, 2.45) is 0 Å². The molecule has 1 saturated carbocycles. The highest BCUT2D eigenvalue weighted by Gasteiger charge is 2.31. The van der Waals surface area contributed by atoms with Gasteiger partial charge in [-0.2, -0.15) is 0 Å². The van der Waals surface area contributed by atoms with E-state index in [0.717, 1.165) is 19.1 Å². The molecule has 0 amide bonds. The van der Waals surface area contributed by atoms with E-state index in [1.54, 1.807) is 0 Å². The number of rotatable bonds is 4. The first kappa shape index (κ1) is 10.1. The van der Waals surface area contributed by atoms with E-state index < -0.39 is 0 Å². The van der Waals surface area contributed by atoms with Crippen LogP contribution in [0.3, 0.4) is 0 Å². The lowest BCUT2D eigenvalue weighted by atomic mass is 10.2. The molecular weight excluding hydrogens is 176 g/mol. The summed E-state index contributed by atoms with van der Waals surface area (Å²) in [5.74, 6) is 0.380. The molecule has 1 aliphatic carbocycles. The number of hydrogen-bond acceptors (Lipinski definition) is 3. The molecule has 1 aliphatic heterocycles. The van der Waals surface area contributed by atoms with Gasteiger partial charge < -0.3 is 0 Å². The summed E-state index contributed by atoms with van der Waals surface area (Å²) < 4.78 is 0. The Bertz CT molecular complexity index is 205. The summed E-state index contributed by atoms with van der Waals surface area (Å²) in [6, 6.07) is 0.888. The molecule has 0 aromatic rings. The lowest BCUT2D eigenvalue weighted by molar-refractivity contribution is -0.120. The highest BCUT2D eigenvalue weighted by Crippen LogP contribution is 2.27. The van der Waals surface area contributed by atoms with Crippen LogP contribution in [-0.4, -0.2) is 54.3 Å². The largest absolute Gasteiger partial charge is 0.298 e. The molecule has 2 fully saturated rings. The Morgan fingerprint density at radius 2 is 1.86 bits per heavy atom. The van der Waals surface area contributed by atoms with Gasteiger partial charge >= 0.3 is 0 Å². The molecule has 0 aromatic carbocycles. The Labute approximate surface area is 86.1 Å². The number of Topliss-reactive ketones (excluding diaryl/α,β-unsaturated/α-hetero) is 1. The zero-order valence-electron chi connectivity index (χ0n) is 9.04. The number of hydrogen-bond donors (Lipinski definition) is 0. The van der Waals surface area contributed by atoms with Crippen molar-refractivity contribution in [3.63, 3.8) is 0 Å². The first-order valence-electron chi connectivity index (χ1n) is 5.77. The number of nitrogens with zero attached hydrogens (tertiary/aromatic N) is 2. The van der Waals surface area contributed by atoms with Crippen LogP contribution >= 0.6 is 0 Å². The van der Waals surface area contributed by atoms with Crippen LogP contribution in [0.25, 0.3) is 0 Å². The van der Waals surface area contributed by atoms with Crippen LogP contribution in [0.15, 0.2) is 0 Å². The molecular formula is C11H20N2O. The fourth-order valence-corrected chi connectivity index (χ4v) is 2.09. The number of piperazine rings is 1. The zero-order valence-corrected chi connectivity index (χ0v) is 9.04. The predicted molar refractivity (Wildman–Crippen MR) is 56.3 cm³/mol. The number of carbonyl (C=O) groups excluding carboxylic acids is 1. The zero-order chi connectivity index (χ0) is 9.97. The van der Waals surface area contributed by atoms with Crippen LogP contribution < -0.4 is 0 Å². The van der Waals surface area contributed by atoms with Gasteiger partial charge in [-0.05, 0) is 12.8 Å². The number of ketones is 1. The predicted octanol–water partition coefficient (Wildman–Crippen LogP) is 0.745. The standard InChI is InChI=1S/C11H20N2O/c1-2-11(14)9-12-5-7-13(8-6-12)10-3-4-10/h10H,2-9H2,1H3. The molecule has 0 aromatic heterocycles. The Kier molecular flexibility index (Phi) is 3.19. The average Bonchev–Trinajstić information content (AvgIpc) is 3.02. The van der Waals surface area contributed by atoms with Crippen LogP contribution in [0.1, 0.15) is 26.2 Å². The van der Waals surface area contributed by atoms with Crippen molar-refractivity contribution < 1.29 is 4.79 Å². The Balaban J connectivity index is 1.69. The van der Waals surface area contributed by atoms with Gasteiger partial charge in [-0.3, -0.25) is 14.6 Å². The number of carbonyl (C=O) groups is 1. The minimum absolute atomic E-state index is 0.380. The lowest BCUT2D eigenvalue weighted by Crippen LogP contribution is -2.48. The molecule has 0 N–H and O–H groups in total. The van der Waals surface area contributed by atoms with E-state index in [4.69, 9.17) is 0 Å². The monoisotopic (exact) mass is 196 g/mol. The van der Waals surface area contributed by atoms with Crippen molar-refractivity contribution in [3.05, 3.63) is 0 Å². The van der Waals surface area contributed by atoms with Gasteiger partial charge in [0.2, 0.25) is 0 Å². The summed E-state index contributed by atoms with van der Waals surface area (Å²) >= 11 is 0. The Morgan fingerprint density at radius 3 is 2.36 bits per heavy atom. The van der Waals surface area contributed by atoms with Crippen molar-refractivity contribution in [2.45, 2.75) is 32.2 Å². The van der Waals surface area contributed by atoms with Gasteiger partial charge in [0.15, 0.2) is 0 Å². The van der Waals surface area contributed by atoms with Crippen molar-refractivity contribution >= 4 is 5.78 Å². The second-order valence-electron chi connectivity index (χ2n) is 4.44. The minimum atomic E-state index is 0.380. The highest BCUT2D eigenvalue weighted by molar-refractivity contribution is 5.80. The maximum Gasteiger partial charge on any atom is 0.146 e. The molecule has 0 atom stereocenters. The molecule has 2 aliphatic rings. The van der Waals surface area contributed by atoms with Crippen LogP contribution in [0, 0.1) is 0 Å². The van der Waals surface area contributed by atoms with Crippen molar-refractivity contribution in [2.75, 3.05) is 32.7 Å². The first-order valence-corrected chi connectivity index (χ1v) is 5.77. The van der Waals surface area contributed by atoms with Gasteiger partial charge in [0.05, 0.1) is 6.54 Å². The highest BCUT2D eigenvalue weighted by atomic mass is 16.1. The molecule has 3 nitrogen and oxygen atoms in total.